The predicted octanol–water partition coefficient (Wildman–Crippen LogP) is 2.77. The van der Waals surface area contributed by atoms with Gasteiger partial charge in [0.1, 0.15) is 0 Å². The number of nitrogens with one attached hydrogen (secondary N) is 1. The van der Waals surface area contributed by atoms with E-state index in [2.05, 4.69) is 22.0 Å². The topological polar surface area (TPSA) is 94.4 Å². The molecule has 1 aromatic rings. The number of rotatable bonds is 7. The molecule has 1 aliphatic carbocycles. The molecular formula is C14H19N3O4. The van der Waals surface area contributed by atoms with E-state index in [0.717, 1.165) is 25.7 Å². The molecule has 0 amide bonds. The maximum Gasteiger partial charge on any atom is 0.356 e. The summed E-state index contributed by atoms with van der Waals surface area (Å²) in [4.78, 5) is 26.1. The smallest absolute Gasteiger partial charge is 0.356 e. The van der Waals surface area contributed by atoms with Crippen LogP contribution in [0.1, 0.15) is 43.1 Å². The summed E-state index contributed by atoms with van der Waals surface area (Å²) in [7, 11) is 1.25. The first-order valence-corrected chi connectivity index (χ1v) is 6.99. The fourth-order valence-electron chi connectivity index (χ4n) is 2.44. The third-order valence-corrected chi connectivity index (χ3v) is 3.83. The van der Waals surface area contributed by atoms with Gasteiger partial charge in [-0.25, -0.2) is 9.78 Å². The minimum absolute atomic E-state index is 0.0611. The predicted molar refractivity (Wildman–Crippen MR) is 77.3 cm³/mol. The Bertz CT molecular complexity index is 555. The first-order chi connectivity index (χ1) is 10.0. The number of anilines is 1. The number of ether oxygens (including phenoxy) is 1. The van der Waals surface area contributed by atoms with E-state index in [1.807, 2.05) is 0 Å². The zero-order chi connectivity index (χ0) is 15.5. The van der Waals surface area contributed by atoms with Gasteiger partial charge in [0, 0.05) is 12.6 Å². The first-order valence-electron chi connectivity index (χ1n) is 6.99. The SMILES string of the molecule is CCCC1(CNc2nc(C(=O)OC)ccc2[N+](=O)[O-])CC1. The Morgan fingerprint density at radius 2 is 2.24 bits per heavy atom. The van der Waals surface area contributed by atoms with Gasteiger partial charge in [0.05, 0.1) is 12.0 Å². The van der Waals surface area contributed by atoms with E-state index in [-0.39, 0.29) is 22.6 Å². The summed E-state index contributed by atoms with van der Waals surface area (Å²) in [6, 6.07) is 2.58. The molecule has 21 heavy (non-hydrogen) atoms. The molecule has 1 fully saturated rings. The summed E-state index contributed by atoms with van der Waals surface area (Å²) < 4.78 is 4.59. The highest BCUT2D eigenvalue weighted by atomic mass is 16.6. The van der Waals surface area contributed by atoms with Gasteiger partial charge in [0.15, 0.2) is 5.69 Å². The lowest BCUT2D eigenvalue weighted by molar-refractivity contribution is -0.384. The van der Waals surface area contributed by atoms with Crippen LogP contribution in [0, 0.1) is 15.5 Å². The zero-order valence-corrected chi connectivity index (χ0v) is 12.2. The molecule has 0 radical (unpaired) electrons. The van der Waals surface area contributed by atoms with E-state index in [9.17, 15) is 14.9 Å². The number of carbonyl (C=O) groups excluding carboxylic acids is 1. The van der Waals surface area contributed by atoms with Crippen LogP contribution in [0.25, 0.3) is 0 Å². The van der Waals surface area contributed by atoms with Crippen LogP contribution in [0.3, 0.4) is 0 Å². The van der Waals surface area contributed by atoms with Crippen LogP contribution < -0.4 is 5.32 Å². The van der Waals surface area contributed by atoms with Crippen molar-refractivity contribution in [2.45, 2.75) is 32.6 Å². The van der Waals surface area contributed by atoms with Gasteiger partial charge in [-0.15, -0.1) is 0 Å². The quantitative estimate of drug-likeness (QED) is 0.472. The van der Waals surface area contributed by atoms with Crippen LogP contribution in [0.15, 0.2) is 12.1 Å². The highest BCUT2D eigenvalue weighted by Gasteiger charge is 2.41. The molecule has 0 spiro atoms. The van der Waals surface area contributed by atoms with Crippen LogP contribution in [0.4, 0.5) is 11.5 Å². The highest BCUT2D eigenvalue weighted by Crippen LogP contribution is 2.49. The van der Waals surface area contributed by atoms with Crippen molar-refractivity contribution in [3.8, 4) is 0 Å². The molecule has 1 aliphatic rings. The number of methoxy groups -OCH3 is 1. The second-order valence-corrected chi connectivity index (χ2v) is 5.42. The van der Waals surface area contributed by atoms with Crippen LogP contribution in [-0.4, -0.2) is 29.5 Å². The molecule has 7 heteroatoms. The van der Waals surface area contributed by atoms with E-state index in [0.29, 0.717) is 6.54 Å². The summed E-state index contributed by atoms with van der Waals surface area (Å²) in [6.07, 6.45) is 4.42. The number of hydrogen-bond acceptors (Lipinski definition) is 6. The van der Waals surface area contributed by atoms with Gasteiger partial charge in [-0.05, 0) is 30.7 Å². The van der Waals surface area contributed by atoms with Crippen molar-refractivity contribution in [3.05, 3.63) is 27.9 Å². The lowest BCUT2D eigenvalue weighted by atomic mass is 10.0. The molecule has 0 saturated heterocycles. The molecule has 114 valence electrons. The van der Waals surface area contributed by atoms with Gasteiger partial charge >= 0.3 is 11.7 Å². The Kier molecular flexibility index (Phi) is 4.40. The van der Waals surface area contributed by atoms with Crippen molar-refractivity contribution < 1.29 is 14.5 Å². The van der Waals surface area contributed by atoms with Crippen molar-refractivity contribution in [1.82, 2.24) is 4.98 Å². The molecule has 0 atom stereocenters. The van der Waals surface area contributed by atoms with E-state index in [1.54, 1.807) is 0 Å². The van der Waals surface area contributed by atoms with E-state index >= 15 is 0 Å². The number of hydrogen-bond donors (Lipinski definition) is 1. The monoisotopic (exact) mass is 293 g/mol. The molecule has 7 nitrogen and oxygen atoms in total. The van der Waals surface area contributed by atoms with Crippen molar-refractivity contribution in [2.75, 3.05) is 19.0 Å². The standard InChI is InChI=1S/C14H19N3O4/c1-3-6-14(7-8-14)9-15-12-11(17(19)20)5-4-10(16-12)13(18)21-2/h4-5H,3,6-9H2,1-2H3,(H,15,16). The Balaban J connectivity index is 2.18. The highest BCUT2D eigenvalue weighted by molar-refractivity contribution is 5.88. The van der Waals surface area contributed by atoms with E-state index < -0.39 is 10.9 Å². The number of aromatic nitrogens is 1. The fourth-order valence-corrected chi connectivity index (χ4v) is 2.44. The summed E-state index contributed by atoms with van der Waals surface area (Å²) in [5.74, 6) is -0.479. The summed E-state index contributed by atoms with van der Waals surface area (Å²) in [5, 5.41) is 14.1. The Morgan fingerprint density at radius 1 is 1.52 bits per heavy atom. The van der Waals surface area contributed by atoms with Crippen LogP contribution >= 0.6 is 0 Å². The average Bonchev–Trinajstić information content (AvgIpc) is 3.24. The van der Waals surface area contributed by atoms with Gasteiger partial charge in [0.2, 0.25) is 5.82 Å². The van der Waals surface area contributed by atoms with Crippen molar-refractivity contribution in [2.24, 2.45) is 5.41 Å². The average molecular weight is 293 g/mol. The molecule has 1 heterocycles. The van der Waals surface area contributed by atoms with Crippen molar-refractivity contribution >= 4 is 17.5 Å². The molecule has 1 aromatic heterocycles. The molecular weight excluding hydrogens is 274 g/mol. The lowest BCUT2D eigenvalue weighted by Gasteiger charge is -2.15. The minimum atomic E-state index is -0.609. The van der Waals surface area contributed by atoms with Gasteiger partial charge in [-0.2, -0.15) is 0 Å². The summed E-state index contributed by atoms with van der Waals surface area (Å²) in [6.45, 7) is 2.76. The second-order valence-electron chi connectivity index (χ2n) is 5.42. The van der Waals surface area contributed by atoms with Crippen LogP contribution in [0.5, 0.6) is 0 Å². The normalized spacial score (nSPS) is 15.3. The molecule has 2 rings (SSSR count). The van der Waals surface area contributed by atoms with Gasteiger partial charge in [-0.1, -0.05) is 13.3 Å². The van der Waals surface area contributed by atoms with E-state index in [4.69, 9.17) is 0 Å². The molecule has 0 aliphatic heterocycles. The maximum atomic E-state index is 11.5. The Morgan fingerprint density at radius 3 is 2.76 bits per heavy atom. The second kappa shape index (κ2) is 6.07. The number of esters is 1. The number of carbonyl (C=O) groups is 1. The molecule has 0 bridgehead atoms. The van der Waals surface area contributed by atoms with Gasteiger partial charge in [-0.3, -0.25) is 10.1 Å². The zero-order valence-electron chi connectivity index (χ0n) is 12.2. The molecule has 0 unspecified atom stereocenters. The lowest BCUT2D eigenvalue weighted by Crippen LogP contribution is -2.18. The van der Waals surface area contributed by atoms with Crippen LogP contribution in [0.2, 0.25) is 0 Å². The molecule has 1 saturated carbocycles. The third-order valence-electron chi connectivity index (χ3n) is 3.83. The van der Waals surface area contributed by atoms with E-state index in [1.165, 1.54) is 19.2 Å². The maximum absolute atomic E-state index is 11.5. The minimum Gasteiger partial charge on any atom is -0.464 e. The Hall–Kier alpha value is -2.18. The van der Waals surface area contributed by atoms with Crippen LogP contribution in [-0.2, 0) is 4.74 Å². The number of nitrogens with zero attached hydrogens (tertiary/aromatic N) is 2. The van der Waals surface area contributed by atoms with Gasteiger partial charge < -0.3 is 10.1 Å². The van der Waals surface area contributed by atoms with Crippen molar-refractivity contribution in [3.63, 3.8) is 0 Å². The number of nitro groups is 1. The number of pyridine rings is 1. The summed E-state index contributed by atoms with van der Waals surface area (Å²) >= 11 is 0. The first kappa shape index (κ1) is 15.2. The molecule has 0 aromatic carbocycles. The van der Waals surface area contributed by atoms with Gasteiger partial charge in [0.25, 0.3) is 0 Å². The third kappa shape index (κ3) is 3.48. The Labute approximate surface area is 122 Å². The van der Waals surface area contributed by atoms with Crippen molar-refractivity contribution in [1.29, 1.82) is 0 Å². The molecule has 1 N–H and O–H groups in total. The largest absolute Gasteiger partial charge is 0.464 e. The summed E-state index contributed by atoms with van der Waals surface area (Å²) in [5.41, 5.74) is 0.159. The fraction of sp³-hybridized carbons (Fsp3) is 0.571.